The number of thiophene rings is 1. The Morgan fingerprint density at radius 2 is 2.14 bits per heavy atom. The van der Waals surface area contributed by atoms with Crippen molar-refractivity contribution in [3.05, 3.63) is 27.0 Å². The highest BCUT2D eigenvalue weighted by Gasteiger charge is 2.19. The van der Waals surface area contributed by atoms with E-state index in [0.717, 1.165) is 10.1 Å². The lowest BCUT2D eigenvalue weighted by atomic mass is 9.80. The predicted molar refractivity (Wildman–Crippen MR) is 64.4 cm³/mol. The number of hydrogen-bond acceptors (Lipinski definition) is 3. The van der Waals surface area contributed by atoms with Gasteiger partial charge in [0.05, 0.1) is 9.72 Å². The number of fused-ring (bicyclic) bond motifs is 1. The van der Waals surface area contributed by atoms with E-state index in [2.05, 4.69) is 15.9 Å². The second-order valence-electron chi connectivity index (χ2n) is 2.80. The van der Waals surface area contributed by atoms with Crippen LogP contribution in [0.2, 0.25) is 5.02 Å². The van der Waals surface area contributed by atoms with Crippen molar-refractivity contribution < 1.29 is 10.0 Å². The van der Waals surface area contributed by atoms with Gasteiger partial charge < -0.3 is 10.0 Å². The van der Waals surface area contributed by atoms with Crippen LogP contribution in [0.3, 0.4) is 0 Å². The van der Waals surface area contributed by atoms with Gasteiger partial charge in [0.2, 0.25) is 0 Å². The average molecular weight is 291 g/mol. The topological polar surface area (TPSA) is 40.5 Å². The van der Waals surface area contributed by atoms with Crippen molar-refractivity contribution in [2.75, 3.05) is 0 Å². The van der Waals surface area contributed by atoms with Crippen LogP contribution in [0.25, 0.3) is 10.1 Å². The molecule has 1 aromatic carbocycles. The Balaban J connectivity index is 2.82. The van der Waals surface area contributed by atoms with Crippen molar-refractivity contribution in [3.8, 4) is 0 Å². The zero-order valence-electron chi connectivity index (χ0n) is 6.87. The van der Waals surface area contributed by atoms with Gasteiger partial charge in [-0.25, -0.2) is 0 Å². The zero-order chi connectivity index (χ0) is 10.3. The quantitative estimate of drug-likeness (QED) is 0.789. The molecule has 2 aromatic rings. The summed E-state index contributed by atoms with van der Waals surface area (Å²) in [6.45, 7) is 0. The highest BCUT2D eigenvalue weighted by molar-refractivity contribution is 9.10. The summed E-state index contributed by atoms with van der Waals surface area (Å²) >= 11 is 10.8. The van der Waals surface area contributed by atoms with Crippen LogP contribution in [0, 0.1) is 0 Å². The number of benzene rings is 1. The highest BCUT2D eigenvalue weighted by Crippen LogP contribution is 2.32. The molecule has 0 amide bonds. The van der Waals surface area contributed by atoms with E-state index in [4.69, 9.17) is 21.6 Å². The maximum absolute atomic E-state index is 9.10. The number of rotatable bonds is 1. The molecule has 1 aromatic heterocycles. The molecule has 6 heteroatoms. The average Bonchev–Trinajstić information content (AvgIpc) is 2.59. The Labute approximate surface area is 98.4 Å². The fourth-order valence-corrected chi connectivity index (χ4v) is 3.22. The summed E-state index contributed by atoms with van der Waals surface area (Å²) in [4.78, 5) is 0. The lowest BCUT2D eigenvalue weighted by Crippen LogP contribution is -2.31. The molecule has 0 bridgehead atoms. The van der Waals surface area contributed by atoms with E-state index < -0.39 is 7.12 Å². The van der Waals surface area contributed by atoms with Gasteiger partial charge in [-0.05, 0) is 23.0 Å². The summed E-state index contributed by atoms with van der Waals surface area (Å²) in [5.74, 6) is 0. The molecule has 72 valence electrons. The van der Waals surface area contributed by atoms with Crippen LogP contribution in [-0.2, 0) is 0 Å². The van der Waals surface area contributed by atoms with Gasteiger partial charge in [-0.1, -0.05) is 27.5 Å². The van der Waals surface area contributed by atoms with E-state index >= 15 is 0 Å². The molecule has 2 rings (SSSR count). The predicted octanol–water partition coefficient (Wildman–Crippen LogP) is 2.00. The monoisotopic (exact) mass is 290 g/mol. The van der Waals surface area contributed by atoms with Crippen LogP contribution in [0.4, 0.5) is 0 Å². The lowest BCUT2D eigenvalue weighted by Gasteiger charge is -2.05. The van der Waals surface area contributed by atoms with Crippen LogP contribution in [0.15, 0.2) is 22.0 Å². The Hall–Kier alpha value is -0.0651. The Morgan fingerprint density at radius 1 is 1.43 bits per heavy atom. The maximum Gasteiger partial charge on any atom is 0.489 e. The van der Waals surface area contributed by atoms with E-state index in [1.54, 1.807) is 6.07 Å². The minimum absolute atomic E-state index is 0.390. The fourth-order valence-electron chi connectivity index (χ4n) is 1.28. The van der Waals surface area contributed by atoms with Crippen LogP contribution in [0.1, 0.15) is 0 Å². The van der Waals surface area contributed by atoms with Crippen molar-refractivity contribution >= 4 is 61.5 Å². The molecule has 14 heavy (non-hydrogen) atoms. The lowest BCUT2D eigenvalue weighted by molar-refractivity contribution is 0.425. The Morgan fingerprint density at radius 3 is 2.79 bits per heavy atom. The maximum atomic E-state index is 9.10. The molecule has 0 fully saturated rings. The van der Waals surface area contributed by atoms with Crippen molar-refractivity contribution in [3.63, 3.8) is 0 Å². The third-order valence-corrected chi connectivity index (χ3v) is 4.18. The molecule has 0 radical (unpaired) electrons. The summed E-state index contributed by atoms with van der Waals surface area (Å²) < 4.78 is 1.64. The third kappa shape index (κ3) is 1.59. The van der Waals surface area contributed by atoms with Crippen LogP contribution in [-0.4, -0.2) is 17.2 Å². The molecule has 2 nitrogen and oxygen atoms in total. The molecule has 0 aliphatic rings. The van der Waals surface area contributed by atoms with Crippen molar-refractivity contribution in [1.82, 2.24) is 0 Å². The zero-order valence-corrected chi connectivity index (χ0v) is 10.0. The summed E-state index contributed by atoms with van der Waals surface area (Å²) in [7, 11) is -1.51. The largest absolute Gasteiger partial charge is 0.489 e. The molecule has 2 N–H and O–H groups in total. The second-order valence-corrected chi connectivity index (χ2v) is 4.91. The first-order valence-electron chi connectivity index (χ1n) is 3.82. The molecule has 0 spiro atoms. The molecule has 0 aliphatic carbocycles. The third-order valence-electron chi connectivity index (χ3n) is 1.93. The van der Waals surface area contributed by atoms with E-state index in [1.165, 1.54) is 11.3 Å². The minimum atomic E-state index is -1.51. The van der Waals surface area contributed by atoms with E-state index in [9.17, 15) is 0 Å². The van der Waals surface area contributed by atoms with Crippen LogP contribution in [0.5, 0.6) is 0 Å². The van der Waals surface area contributed by atoms with Gasteiger partial charge in [-0.15, -0.1) is 11.3 Å². The summed E-state index contributed by atoms with van der Waals surface area (Å²) in [5, 5.41) is 21.6. The van der Waals surface area contributed by atoms with Crippen LogP contribution < -0.4 is 5.46 Å². The molecular weight excluding hydrogens is 286 g/mol. The first-order chi connectivity index (χ1) is 6.61. The van der Waals surface area contributed by atoms with Gasteiger partial charge in [-0.2, -0.15) is 0 Å². The van der Waals surface area contributed by atoms with Gasteiger partial charge in [0.15, 0.2) is 0 Å². The van der Waals surface area contributed by atoms with E-state index in [1.807, 2.05) is 11.4 Å². The Bertz CT molecular complexity index is 485. The van der Waals surface area contributed by atoms with Gasteiger partial charge in [0.25, 0.3) is 0 Å². The van der Waals surface area contributed by atoms with Crippen molar-refractivity contribution in [1.29, 1.82) is 0 Å². The molecule has 0 atom stereocenters. The number of halogens is 2. The molecular formula is C8H5BBrClO2S. The fraction of sp³-hybridized carbons (Fsp3) is 0. The van der Waals surface area contributed by atoms with Gasteiger partial charge in [0, 0.05) is 9.86 Å². The standard InChI is InChI=1S/C8H5BBrClO2S/c10-7-4-1-2-14-8(4)6(11)3-5(7)9(12)13/h1-3,12-13H. The highest BCUT2D eigenvalue weighted by atomic mass is 79.9. The van der Waals surface area contributed by atoms with Gasteiger partial charge in [0.1, 0.15) is 0 Å². The smallest absolute Gasteiger partial charge is 0.423 e. The van der Waals surface area contributed by atoms with Crippen LogP contribution >= 0.6 is 38.9 Å². The molecule has 0 saturated carbocycles. The molecule has 0 saturated heterocycles. The van der Waals surface area contributed by atoms with Crippen molar-refractivity contribution in [2.45, 2.75) is 0 Å². The number of hydrogen-bond donors (Lipinski definition) is 2. The van der Waals surface area contributed by atoms with Gasteiger partial charge in [-0.3, -0.25) is 0 Å². The first kappa shape index (κ1) is 10.5. The summed E-state index contributed by atoms with van der Waals surface area (Å²) in [5.41, 5.74) is 0.390. The second kappa shape index (κ2) is 3.83. The summed E-state index contributed by atoms with van der Waals surface area (Å²) in [6.07, 6.45) is 0. The first-order valence-corrected chi connectivity index (χ1v) is 5.87. The molecule has 0 aliphatic heterocycles. The van der Waals surface area contributed by atoms with E-state index in [0.29, 0.717) is 15.0 Å². The van der Waals surface area contributed by atoms with Gasteiger partial charge >= 0.3 is 7.12 Å². The van der Waals surface area contributed by atoms with E-state index in [-0.39, 0.29) is 0 Å². The normalized spacial score (nSPS) is 10.9. The SMILES string of the molecule is OB(O)c1cc(Cl)c2sccc2c1Br. The van der Waals surface area contributed by atoms with Crippen molar-refractivity contribution in [2.24, 2.45) is 0 Å². The Kier molecular flexibility index (Phi) is 2.86. The summed E-state index contributed by atoms with van der Waals surface area (Å²) in [6, 6.07) is 3.46. The molecule has 1 heterocycles. The minimum Gasteiger partial charge on any atom is -0.423 e. The molecule has 0 unspecified atom stereocenters.